The highest BCUT2D eigenvalue weighted by atomic mass is 32.2. The second-order valence-electron chi connectivity index (χ2n) is 7.87. The van der Waals surface area contributed by atoms with Crippen molar-refractivity contribution in [2.24, 2.45) is 0 Å². The molecule has 8 heteroatoms. The number of aryl methyl sites for hydroxylation is 2. The summed E-state index contributed by atoms with van der Waals surface area (Å²) in [5, 5.41) is 8.40. The molecule has 1 saturated heterocycles. The SMILES string of the molecule is CCOc1ccc(S(=O)(=O)N2CCCC(c3nnc(-c4ccc(C)cc4)o3)C2)cc1C. The van der Waals surface area contributed by atoms with E-state index in [-0.39, 0.29) is 10.8 Å². The van der Waals surface area contributed by atoms with Gasteiger partial charge in [-0.15, -0.1) is 10.2 Å². The molecule has 1 aromatic heterocycles. The highest BCUT2D eigenvalue weighted by Crippen LogP contribution is 2.32. The third-order valence-electron chi connectivity index (χ3n) is 5.56. The molecule has 0 bridgehead atoms. The van der Waals surface area contributed by atoms with Gasteiger partial charge in [0.05, 0.1) is 17.4 Å². The maximum atomic E-state index is 13.3. The molecular formula is C23H27N3O4S. The van der Waals surface area contributed by atoms with Crippen molar-refractivity contribution in [2.75, 3.05) is 19.7 Å². The van der Waals surface area contributed by atoms with Crippen LogP contribution in [0.2, 0.25) is 0 Å². The summed E-state index contributed by atoms with van der Waals surface area (Å²) in [6.07, 6.45) is 1.55. The first-order chi connectivity index (χ1) is 14.9. The molecule has 1 aliphatic rings. The van der Waals surface area contributed by atoms with Crippen LogP contribution >= 0.6 is 0 Å². The van der Waals surface area contributed by atoms with E-state index < -0.39 is 10.0 Å². The van der Waals surface area contributed by atoms with Crippen molar-refractivity contribution in [3.63, 3.8) is 0 Å². The van der Waals surface area contributed by atoms with Gasteiger partial charge in [-0.05, 0) is 69.5 Å². The molecule has 1 unspecified atom stereocenters. The van der Waals surface area contributed by atoms with Crippen LogP contribution in [0.5, 0.6) is 5.75 Å². The number of benzene rings is 2. The van der Waals surface area contributed by atoms with Crippen LogP contribution < -0.4 is 4.74 Å². The summed E-state index contributed by atoms with van der Waals surface area (Å²) >= 11 is 0. The number of sulfonamides is 1. The quantitative estimate of drug-likeness (QED) is 0.566. The lowest BCUT2D eigenvalue weighted by molar-refractivity contribution is 0.286. The number of piperidine rings is 1. The Morgan fingerprint density at radius 2 is 1.90 bits per heavy atom. The molecule has 2 aromatic carbocycles. The molecule has 4 rings (SSSR count). The Labute approximate surface area is 183 Å². The zero-order valence-corrected chi connectivity index (χ0v) is 18.9. The normalized spacial score (nSPS) is 17.6. The molecule has 1 aliphatic heterocycles. The van der Waals surface area contributed by atoms with Gasteiger partial charge in [0, 0.05) is 18.7 Å². The van der Waals surface area contributed by atoms with E-state index in [9.17, 15) is 8.42 Å². The fourth-order valence-corrected chi connectivity index (χ4v) is 5.43. The van der Waals surface area contributed by atoms with Crippen LogP contribution in [0.4, 0.5) is 0 Å². The number of rotatable bonds is 6. The molecule has 1 fully saturated rings. The van der Waals surface area contributed by atoms with Crippen LogP contribution in [0.25, 0.3) is 11.5 Å². The Morgan fingerprint density at radius 3 is 2.61 bits per heavy atom. The monoisotopic (exact) mass is 441 g/mol. The lowest BCUT2D eigenvalue weighted by Crippen LogP contribution is -2.39. The number of aromatic nitrogens is 2. The fourth-order valence-electron chi connectivity index (χ4n) is 3.82. The highest BCUT2D eigenvalue weighted by Gasteiger charge is 2.33. The van der Waals surface area contributed by atoms with Crippen molar-refractivity contribution < 1.29 is 17.6 Å². The van der Waals surface area contributed by atoms with Gasteiger partial charge in [-0.3, -0.25) is 0 Å². The van der Waals surface area contributed by atoms with Gasteiger partial charge >= 0.3 is 0 Å². The molecule has 0 aliphatic carbocycles. The van der Waals surface area contributed by atoms with Crippen LogP contribution in [-0.4, -0.2) is 42.6 Å². The minimum absolute atomic E-state index is 0.126. The minimum Gasteiger partial charge on any atom is -0.494 e. The van der Waals surface area contributed by atoms with Crippen LogP contribution in [-0.2, 0) is 10.0 Å². The third kappa shape index (κ3) is 4.50. The second kappa shape index (κ2) is 8.80. The highest BCUT2D eigenvalue weighted by molar-refractivity contribution is 7.89. The number of hydrogen-bond donors (Lipinski definition) is 0. The molecule has 0 radical (unpaired) electrons. The van der Waals surface area contributed by atoms with Crippen molar-refractivity contribution in [2.45, 2.75) is 44.4 Å². The average molecular weight is 442 g/mol. The largest absolute Gasteiger partial charge is 0.494 e. The molecule has 1 atom stereocenters. The molecular weight excluding hydrogens is 414 g/mol. The molecule has 0 N–H and O–H groups in total. The zero-order valence-electron chi connectivity index (χ0n) is 18.0. The Morgan fingerprint density at radius 1 is 1.13 bits per heavy atom. The maximum Gasteiger partial charge on any atom is 0.247 e. The van der Waals surface area contributed by atoms with Crippen LogP contribution in [0.1, 0.15) is 42.7 Å². The number of ether oxygens (including phenoxy) is 1. The smallest absolute Gasteiger partial charge is 0.247 e. The van der Waals surface area contributed by atoms with Crippen molar-refractivity contribution in [1.82, 2.24) is 14.5 Å². The molecule has 2 heterocycles. The van der Waals surface area contributed by atoms with Crippen molar-refractivity contribution in [3.05, 3.63) is 59.5 Å². The number of nitrogens with zero attached hydrogens (tertiary/aromatic N) is 3. The second-order valence-corrected chi connectivity index (χ2v) is 9.81. The molecule has 3 aromatic rings. The lowest BCUT2D eigenvalue weighted by atomic mass is 10.00. The van der Waals surface area contributed by atoms with E-state index in [0.29, 0.717) is 37.2 Å². The zero-order chi connectivity index (χ0) is 22.0. The minimum atomic E-state index is -3.62. The maximum absolute atomic E-state index is 13.3. The van der Waals surface area contributed by atoms with Gasteiger partial charge in [0.2, 0.25) is 21.8 Å². The van der Waals surface area contributed by atoms with E-state index in [1.165, 1.54) is 4.31 Å². The van der Waals surface area contributed by atoms with Crippen molar-refractivity contribution >= 4 is 10.0 Å². The summed E-state index contributed by atoms with van der Waals surface area (Å²) in [4.78, 5) is 0.278. The first-order valence-electron chi connectivity index (χ1n) is 10.5. The van der Waals surface area contributed by atoms with Gasteiger partial charge in [-0.25, -0.2) is 8.42 Å². The molecule has 7 nitrogen and oxygen atoms in total. The molecule has 0 amide bonds. The van der Waals surface area contributed by atoms with Crippen LogP contribution in [0.15, 0.2) is 51.8 Å². The van der Waals surface area contributed by atoms with Gasteiger partial charge < -0.3 is 9.15 Å². The predicted molar refractivity (Wildman–Crippen MR) is 118 cm³/mol. The van der Waals surface area contributed by atoms with Gasteiger partial charge in [-0.1, -0.05) is 17.7 Å². The lowest BCUT2D eigenvalue weighted by Gasteiger charge is -2.30. The predicted octanol–water partition coefficient (Wildman–Crippen LogP) is 4.32. The van der Waals surface area contributed by atoms with Gasteiger partial charge in [0.25, 0.3) is 0 Å². The molecule has 0 saturated carbocycles. The van der Waals surface area contributed by atoms with Crippen molar-refractivity contribution in [1.29, 1.82) is 0 Å². The van der Waals surface area contributed by atoms with E-state index in [1.807, 2.05) is 45.0 Å². The van der Waals surface area contributed by atoms with Crippen LogP contribution in [0, 0.1) is 13.8 Å². The Bertz CT molecular complexity index is 1160. The first-order valence-corrected chi connectivity index (χ1v) is 12.0. The van der Waals surface area contributed by atoms with E-state index in [0.717, 1.165) is 29.5 Å². The van der Waals surface area contributed by atoms with Gasteiger partial charge in [0.15, 0.2) is 0 Å². The van der Waals surface area contributed by atoms with E-state index in [1.54, 1.807) is 18.2 Å². The van der Waals surface area contributed by atoms with E-state index in [4.69, 9.17) is 9.15 Å². The Hall–Kier alpha value is -2.71. The summed E-state index contributed by atoms with van der Waals surface area (Å²) in [5.41, 5.74) is 2.81. The topological polar surface area (TPSA) is 85.5 Å². The molecule has 31 heavy (non-hydrogen) atoms. The summed E-state index contributed by atoms with van der Waals surface area (Å²) < 4.78 is 39.5. The molecule has 164 valence electrons. The van der Waals surface area contributed by atoms with Crippen LogP contribution in [0.3, 0.4) is 0 Å². The van der Waals surface area contributed by atoms with Crippen molar-refractivity contribution in [3.8, 4) is 17.2 Å². The van der Waals surface area contributed by atoms with E-state index >= 15 is 0 Å². The number of hydrogen-bond acceptors (Lipinski definition) is 6. The molecule has 0 spiro atoms. The van der Waals surface area contributed by atoms with Gasteiger partial charge in [0.1, 0.15) is 5.75 Å². The first kappa shape index (κ1) is 21.5. The summed E-state index contributed by atoms with van der Waals surface area (Å²) in [5.74, 6) is 1.52. The standard InChI is InChI=1S/C23H27N3O4S/c1-4-29-21-12-11-20(14-17(21)3)31(27,28)26-13-5-6-19(15-26)23-25-24-22(30-23)18-9-7-16(2)8-10-18/h7-12,14,19H,4-6,13,15H2,1-3H3. The third-order valence-corrected chi connectivity index (χ3v) is 7.42. The average Bonchev–Trinajstić information content (AvgIpc) is 3.26. The fraction of sp³-hybridized carbons (Fsp3) is 0.391. The van der Waals surface area contributed by atoms with E-state index in [2.05, 4.69) is 10.2 Å². The Balaban J connectivity index is 1.53. The summed E-state index contributed by atoms with van der Waals surface area (Å²) in [6.45, 7) is 7.11. The summed E-state index contributed by atoms with van der Waals surface area (Å²) in [6, 6.07) is 12.9. The Kier molecular flexibility index (Phi) is 6.11. The van der Waals surface area contributed by atoms with Gasteiger partial charge in [-0.2, -0.15) is 4.31 Å². The summed E-state index contributed by atoms with van der Waals surface area (Å²) in [7, 11) is -3.62.